The molecule has 0 spiro atoms. The van der Waals surface area contributed by atoms with Gasteiger partial charge in [0, 0.05) is 25.8 Å². The third kappa shape index (κ3) is 3.69. The predicted octanol–water partition coefficient (Wildman–Crippen LogP) is -1.07. The van der Waals surface area contributed by atoms with Crippen LogP contribution in [0.1, 0.15) is 26.2 Å². The molecule has 0 aromatic carbocycles. The van der Waals surface area contributed by atoms with Crippen molar-refractivity contribution in [3.05, 3.63) is 0 Å². The van der Waals surface area contributed by atoms with Gasteiger partial charge in [0.05, 0.1) is 6.10 Å². The Morgan fingerprint density at radius 1 is 1.39 bits per heavy atom. The van der Waals surface area contributed by atoms with Gasteiger partial charge in [-0.3, -0.25) is 14.4 Å². The smallest absolute Gasteiger partial charge is 0.303 e. The maximum absolute atomic E-state index is 11.9. The van der Waals surface area contributed by atoms with Crippen LogP contribution >= 0.6 is 0 Å². The SMILES string of the molecule is CC(CC(=O)O)CC(=O)N1CC(O)CC1C(N)=O. The highest BCUT2D eigenvalue weighted by Gasteiger charge is 2.37. The molecule has 1 aliphatic heterocycles. The van der Waals surface area contributed by atoms with Crippen LogP contribution in [-0.2, 0) is 14.4 Å². The summed E-state index contributed by atoms with van der Waals surface area (Å²) in [5, 5.41) is 18.1. The van der Waals surface area contributed by atoms with Gasteiger partial charge in [0.1, 0.15) is 6.04 Å². The number of β-amino-alcohol motifs (C(OH)–C–C–N with tert-alkyl or cyclic N) is 1. The van der Waals surface area contributed by atoms with Crippen LogP contribution in [0.2, 0.25) is 0 Å². The molecule has 0 saturated carbocycles. The van der Waals surface area contributed by atoms with Gasteiger partial charge in [0.2, 0.25) is 11.8 Å². The van der Waals surface area contributed by atoms with Gasteiger partial charge in [-0.1, -0.05) is 6.92 Å². The number of hydrogen-bond donors (Lipinski definition) is 3. The minimum atomic E-state index is -0.969. The number of carboxylic acid groups (broad SMARTS) is 1. The fraction of sp³-hybridized carbons (Fsp3) is 0.727. The second-order valence-corrected chi connectivity index (χ2v) is 4.76. The average Bonchev–Trinajstić information content (AvgIpc) is 2.58. The number of carboxylic acids is 1. The number of carbonyl (C=O) groups is 3. The summed E-state index contributed by atoms with van der Waals surface area (Å²) in [6.07, 6.45) is -0.679. The van der Waals surface area contributed by atoms with E-state index in [2.05, 4.69) is 0 Å². The van der Waals surface area contributed by atoms with Crippen LogP contribution in [0.4, 0.5) is 0 Å². The number of nitrogens with zero attached hydrogens (tertiary/aromatic N) is 1. The molecule has 0 radical (unpaired) electrons. The minimum absolute atomic E-state index is 0.0306. The molecule has 7 nitrogen and oxygen atoms in total. The molecule has 3 atom stereocenters. The Balaban J connectivity index is 2.60. The van der Waals surface area contributed by atoms with Crippen molar-refractivity contribution < 1.29 is 24.6 Å². The summed E-state index contributed by atoms with van der Waals surface area (Å²) in [6, 6.07) is -0.787. The molecule has 0 aliphatic carbocycles. The molecule has 2 amide bonds. The lowest BCUT2D eigenvalue weighted by Gasteiger charge is -2.23. The van der Waals surface area contributed by atoms with E-state index in [0.717, 1.165) is 0 Å². The normalized spacial score (nSPS) is 24.9. The molecule has 102 valence electrons. The van der Waals surface area contributed by atoms with Crippen LogP contribution in [0.3, 0.4) is 0 Å². The van der Waals surface area contributed by atoms with Crippen LogP contribution in [0.25, 0.3) is 0 Å². The minimum Gasteiger partial charge on any atom is -0.481 e. The van der Waals surface area contributed by atoms with Gasteiger partial charge in [-0.15, -0.1) is 0 Å². The Morgan fingerprint density at radius 3 is 2.50 bits per heavy atom. The number of aliphatic hydroxyl groups is 1. The van der Waals surface area contributed by atoms with Crippen molar-refractivity contribution >= 4 is 17.8 Å². The van der Waals surface area contributed by atoms with E-state index in [4.69, 9.17) is 10.8 Å². The summed E-state index contributed by atoms with van der Waals surface area (Å²) in [5.74, 6) is -2.28. The van der Waals surface area contributed by atoms with Crippen molar-refractivity contribution in [1.29, 1.82) is 0 Å². The van der Waals surface area contributed by atoms with E-state index in [0.29, 0.717) is 0 Å². The Kier molecular flexibility index (Phi) is 4.66. The van der Waals surface area contributed by atoms with Gasteiger partial charge in [0.15, 0.2) is 0 Å². The van der Waals surface area contributed by atoms with Crippen molar-refractivity contribution in [2.24, 2.45) is 11.7 Å². The lowest BCUT2D eigenvalue weighted by Crippen LogP contribution is -2.44. The van der Waals surface area contributed by atoms with Crippen LogP contribution in [0.5, 0.6) is 0 Å². The number of carbonyl (C=O) groups excluding carboxylic acids is 2. The highest BCUT2D eigenvalue weighted by atomic mass is 16.4. The van der Waals surface area contributed by atoms with Crippen LogP contribution in [0, 0.1) is 5.92 Å². The van der Waals surface area contributed by atoms with E-state index in [9.17, 15) is 19.5 Å². The molecule has 1 aliphatic rings. The second-order valence-electron chi connectivity index (χ2n) is 4.76. The summed E-state index contributed by atoms with van der Waals surface area (Å²) in [5.41, 5.74) is 5.16. The largest absolute Gasteiger partial charge is 0.481 e. The van der Waals surface area contributed by atoms with Gasteiger partial charge >= 0.3 is 5.97 Å². The quantitative estimate of drug-likeness (QED) is 0.580. The van der Waals surface area contributed by atoms with Crippen molar-refractivity contribution in [3.8, 4) is 0 Å². The lowest BCUT2D eigenvalue weighted by atomic mass is 10.0. The maximum atomic E-state index is 11.9. The molecule has 1 heterocycles. The Hall–Kier alpha value is -1.63. The number of nitrogens with two attached hydrogens (primary N) is 1. The molecule has 18 heavy (non-hydrogen) atoms. The predicted molar refractivity (Wildman–Crippen MR) is 61.4 cm³/mol. The third-order valence-corrected chi connectivity index (χ3v) is 2.97. The fourth-order valence-corrected chi connectivity index (χ4v) is 2.14. The van der Waals surface area contributed by atoms with E-state index in [1.165, 1.54) is 4.90 Å². The lowest BCUT2D eigenvalue weighted by molar-refractivity contribution is -0.140. The molecule has 4 N–H and O–H groups in total. The van der Waals surface area contributed by atoms with Crippen LogP contribution in [0.15, 0.2) is 0 Å². The number of primary amides is 1. The van der Waals surface area contributed by atoms with Gasteiger partial charge in [0.25, 0.3) is 0 Å². The topological polar surface area (TPSA) is 121 Å². The monoisotopic (exact) mass is 258 g/mol. The van der Waals surface area contributed by atoms with E-state index in [-0.39, 0.29) is 37.6 Å². The number of rotatable bonds is 5. The standard InChI is InChI=1S/C11H18N2O5/c1-6(3-10(16)17)2-9(15)13-5-7(14)4-8(13)11(12)18/h6-8,14H,2-5H2,1H3,(H2,12,18)(H,16,17). The first-order valence-corrected chi connectivity index (χ1v) is 5.80. The molecular formula is C11H18N2O5. The number of aliphatic carboxylic acids is 1. The first-order chi connectivity index (χ1) is 8.31. The number of hydrogen-bond acceptors (Lipinski definition) is 4. The first-order valence-electron chi connectivity index (χ1n) is 5.80. The van der Waals surface area contributed by atoms with E-state index < -0.39 is 24.0 Å². The molecule has 1 fully saturated rings. The molecule has 1 rings (SSSR count). The number of aliphatic hydroxyl groups excluding tert-OH is 1. The zero-order valence-corrected chi connectivity index (χ0v) is 10.2. The van der Waals surface area contributed by atoms with Crippen LogP contribution < -0.4 is 5.73 Å². The van der Waals surface area contributed by atoms with Crippen molar-refractivity contribution in [2.45, 2.75) is 38.3 Å². The van der Waals surface area contributed by atoms with Gasteiger partial charge < -0.3 is 20.8 Å². The molecule has 7 heteroatoms. The molecule has 0 aromatic rings. The summed E-state index contributed by atoms with van der Waals surface area (Å²) in [4.78, 5) is 34.8. The summed E-state index contributed by atoms with van der Waals surface area (Å²) < 4.78 is 0. The van der Waals surface area contributed by atoms with E-state index in [1.54, 1.807) is 6.92 Å². The Morgan fingerprint density at radius 2 is 2.00 bits per heavy atom. The van der Waals surface area contributed by atoms with Gasteiger partial charge in [-0.05, 0) is 5.92 Å². The molecule has 3 unspecified atom stereocenters. The zero-order valence-electron chi connectivity index (χ0n) is 10.2. The summed E-state index contributed by atoms with van der Waals surface area (Å²) in [7, 11) is 0. The molecular weight excluding hydrogens is 240 g/mol. The van der Waals surface area contributed by atoms with E-state index in [1.807, 2.05) is 0 Å². The molecule has 0 bridgehead atoms. The highest BCUT2D eigenvalue weighted by Crippen LogP contribution is 2.20. The average molecular weight is 258 g/mol. The summed E-state index contributed by atoms with van der Waals surface area (Å²) >= 11 is 0. The highest BCUT2D eigenvalue weighted by molar-refractivity contribution is 5.87. The Labute approximate surface area is 105 Å². The van der Waals surface area contributed by atoms with Crippen molar-refractivity contribution in [3.63, 3.8) is 0 Å². The van der Waals surface area contributed by atoms with Crippen molar-refractivity contribution in [1.82, 2.24) is 4.90 Å². The van der Waals surface area contributed by atoms with E-state index >= 15 is 0 Å². The first kappa shape index (κ1) is 14.4. The number of likely N-dealkylation sites (tertiary alicyclic amines) is 1. The van der Waals surface area contributed by atoms with Gasteiger partial charge in [-0.2, -0.15) is 0 Å². The maximum Gasteiger partial charge on any atom is 0.303 e. The summed E-state index contributed by atoms with van der Waals surface area (Å²) in [6.45, 7) is 1.73. The fourth-order valence-electron chi connectivity index (χ4n) is 2.14. The van der Waals surface area contributed by atoms with Gasteiger partial charge in [-0.25, -0.2) is 0 Å². The number of amides is 2. The van der Waals surface area contributed by atoms with Crippen molar-refractivity contribution in [2.75, 3.05) is 6.54 Å². The van der Waals surface area contributed by atoms with Crippen LogP contribution in [-0.4, -0.2) is 51.6 Å². The third-order valence-electron chi connectivity index (χ3n) is 2.97. The molecule has 0 aromatic heterocycles. The Bertz CT molecular complexity index is 357. The zero-order chi connectivity index (χ0) is 13.9. The second kappa shape index (κ2) is 5.81. The molecule has 1 saturated heterocycles.